The number of hydrogen-bond acceptors (Lipinski definition) is 4. The topological polar surface area (TPSA) is 67.9 Å². The summed E-state index contributed by atoms with van der Waals surface area (Å²) in [5.74, 6) is 1.16. The summed E-state index contributed by atoms with van der Waals surface area (Å²) in [6.07, 6.45) is 3.32. The molecule has 2 aromatic rings. The predicted octanol–water partition coefficient (Wildman–Crippen LogP) is 3.78. The van der Waals surface area contributed by atoms with Crippen LogP contribution in [0.25, 0.3) is 0 Å². The van der Waals surface area contributed by atoms with Crippen molar-refractivity contribution in [1.82, 2.24) is 5.32 Å². The number of ether oxygens (including phenoxy) is 2. The van der Waals surface area contributed by atoms with E-state index in [9.17, 15) is 9.59 Å². The van der Waals surface area contributed by atoms with E-state index in [0.29, 0.717) is 26.1 Å². The van der Waals surface area contributed by atoms with Crippen LogP contribution in [0.2, 0.25) is 0 Å². The SMILES string of the molecule is COc1ccc2c(c1)CCCC2CC(=O)NCc1cccc(N2CCOC2=O)c1. The zero-order valence-electron chi connectivity index (χ0n) is 16.6. The normalized spacial score (nSPS) is 18.2. The second-order valence-electron chi connectivity index (χ2n) is 7.57. The number of rotatable bonds is 6. The van der Waals surface area contributed by atoms with Crippen molar-refractivity contribution in [3.05, 3.63) is 59.2 Å². The molecule has 0 bridgehead atoms. The average molecular weight is 394 g/mol. The van der Waals surface area contributed by atoms with Crippen LogP contribution in [0.3, 0.4) is 0 Å². The second-order valence-corrected chi connectivity index (χ2v) is 7.57. The Kier molecular flexibility index (Phi) is 5.69. The van der Waals surface area contributed by atoms with Crippen molar-refractivity contribution in [2.24, 2.45) is 0 Å². The molecule has 0 radical (unpaired) electrons. The highest BCUT2D eigenvalue weighted by Gasteiger charge is 2.24. The molecule has 1 aliphatic carbocycles. The van der Waals surface area contributed by atoms with E-state index in [1.165, 1.54) is 11.1 Å². The molecule has 0 spiro atoms. The van der Waals surface area contributed by atoms with E-state index in [2.05, 4.69) is 17.4 Å². The first-order chi connectivity index (χ1) is 14.1. The zero-order chi connectivity index (χ0) is 20.2. The van der Waals surface area contributed by atoms with E-state index in [0.717, 1.165) is 36.3 Å². The van der Waals surface area contributed by atoms with Gasteiger partial charge in [-0.3, -0.25) is 9.69 Å². The van der Waals surface area contributed by atoms with E-state index in [-0.39, 0.29) is 17.9 Å². The first-order valence-corrected chi connectivity index (χ1v) is 10.1. The van der Waals surface area contributed by atoms with Crippen LogP contribution in [0.1, 0.15) is 41.9 Å². The molecular formula is C23H26N2O4. The van der Waals surface area contributed by atoms with E-state index >= 15 is 0 Å². The van der Waals surface area contributed by atoms with Gasteiger partial charge in [0.15, 0.2) is 0 Å². The number of cyclic esters (lactones) is 1. The maximum absolute atomic E-state index is 12.6. The number of carbonyl (C=O) groups excluding carboxylic acids is 2. The van der Waals surface area contributed by atoms with Crippen LogP contribution >= 0.6 is 0 Å². The molecule has 29 heavy (non-hydrogen) atoms. The lowest BCUT2D eigenvalue weighted by molar-refractivity contribution is -0.121. The van der Waals surface area contributed by atoms with Crippen molar-refractivity contribution in [2.45, 2.75) is 38.1 Å². The third kappa shape index (κ3) is 4.36. The number of benzene rings is 2. The van der Waals surface area contributed by atoms with Gasteiger partial charge >= 0.3 is 6.09 Å². The molecule has 1 aliphatic heterocycles. The van der Waals surface area contributed by atoms with E-state index in [1.54, 1.807) is 12.0 Å². The minimum Gasteiger partial charge on any atom is -0.497 e. The Morgan fingerprint density at radius 3 is 2.97 bits per heavy atom. The molecule has 2 amide bonds. The summed E-state index contributed by atoms with van der Waals surface area (Å²) in [6.45, 7) is 1.41. The Bertz CT molecular complexity index is 912. The van der Waals surface area contributed by atoms with Gasteiger partial charge in [0.25, 0.3) is 0 Å². The highest BCUT2D eigenvalue weighted by molar-refractivity contribution is 5.89. The highest BCUT2D eigenvalue weighted by atomic mass is 16.6. The molecule has 2 aliphatic rings. The van der Waals surface area contributed by atoms with Crippen molar-refractivity contribution in [3.8, 4) is 5.75 Å². The molecular weight excluding hydrogens is 368 g/mol. The Morgan fingerprint density at radius 1 is 1.28 bits per heavy atom. The Hall–Kier alpha value is -3.02. The lowest BCUT2D eigenvalue weighted by Gasteiger charge is -2.25. The number of nitrogens with one attached hydrogen (secondary N) is 1. The van der Waals surface area contributed by atoms with E-state index in [4.69, 9.17) is 9.47 Å². The molecule has 1 N–H and O–H groups in total. The van der Waals surface area contributed by atoms with Gasteiger partial charge < -0.3 is 14.8 Å². The fourth-order valence-electron chi connectivity index (χ4n) is 4.19. The van der Waals surface area contributed by atoms with Crippen LogP contribution in [-0.2, 0) is 22.5 Å². The molecule has 6 nitrogen and oxygen atoms in total. The molecule has 1 unspecified atom stereocenters. The number of anilines is 1. The predicted molar refractivity (Wildman–Crippen MR) is 110 cm³/mol. The monoisotopic (exact) mass is 394 g/mol. The summed E-state index contributed by atoms with van der Waals surface area (Å²) in [5, 5.41) is 3.03. The number of amides is 2. The van der Waals surface area contributed by atoms with Gasteiger partial charge in [0.05, 0.1) is 13.7 Å². The maximum Gasteiger partial charge on any atom is 0.414 e. The van der Waals surface area contributed by atoms with E-state index in [1.807, 2.05) is 30.3 Å². The molecule has 1 saturated heterocycles. The Morgan fingerprint density at radius 2 is 2.17 bits per heavy atom. The quantitative estimate of drug-likeness (QED) is 0.810. The minimum atomic E-state index is -0.321. The summed E-state index contributed by atoms with van der Waals surface area (Å²) in [4.78, 5) is 25.9. The van der Waals surface area contributed by atoms with Gasteiger partial charge in [-0.05, 0) is 66.1 Å². The highest BCUT2D eigenvalue weighted by Crippen LogP contribution is 2.35. The summed E-state index contributed by atoms with van der Waals surface area (Å²) in [7, 11) is 1.68. The number of aryl methyl sites for hydroxylation is 1. The van der Waals surface area contributed by atoms with Crippen molar-refractivity contribution in [2.75, 3.05) is 25.2 Å². The van der Waals surface area contributed by atoms with E-state index < -0.39 is 0 Å². The summed E-state index contributed by atoms with van der Waals surface area (Å²) >= 11 is 0. The molecule has 6 heteroatoms. The fraction of sp³-hybridized carbons (Fsp3) is 0.391. The third-order valence-corrected chi connectivity index (χ3v) is 5.69. The van der Waals surface area contributed by atoms with Crippen LogP contribution < -0.4 is 15.0 Å². The van der Waals surface area contributed by atoms with Crippen molar-refractivity contribution in [1.29, 1.82) is 0 Å². The Balaban J connectivity index is 1.36. The van der Waals surface area contributed by atoms with Gasteiger partial charge in [0.2, 0.25) is 5.91 Å². The first kappa shape index (κ1) is 19.3. The maximum atomic E-state index is 12.6. The average Bonchev–Trinajstić information content (AvgIpc) is 3.18. The van der Waals surface area contributed by atoms with Crippen LogP contribution in [0.15, 0.2) is 42.5 Å². The molecule has 1 fully saturated rings. The number of fused-ring (bicyclic) bond motifs is 1. The Labute approximate surface area is 170 Å². The van der Waals surface area contributed by atoms with Gasteiger partial charge in [-0.15, -0.1) is 0 Å². The molecule has 0 saturated carbocycles. The second kappa shape index (κ2) is 8.55. The van der Waals surface area contributed by atoms with Crippen molar-refractivity contribution >= 4 is 17.7 Å². The molecule has 152 valence electrons. The van der Waals surface area contributed by atoms with Crippen LogP contribution in [-0.4, -0.2) is 32.3 Å². The van der Waals surface area contributed by atoms with Gasteiger partial charge in [0, 0.05) is 18.7 Å². The molecule has 0 aromatic heterocycles. The summed E-state index contributed by atoms with van der Waals surface area (Å²) in [5.41, 5.74) is 4.32. The van der Waals surface area contributed by atoms with Crippen LogP contribution in [0.5, 0.6) is 5.75 Å². The number of methoxy groups -OCH3 is 1. The van der Waals surface area contributed by atoms with Crippen LogP contribution in [0, 0.1) is 0 Å². The largest absolute Gasteiger partial charge is 0.497 e. The summed E-state index contributed by atoms with van der Waals surface area (Å²) < 4.78 is 10.3. The third-order valence-electron chi connectivity index (χ3n) is 5.69. The lowest BCUT2D eigenvalue weighted by atomic mass is 9.81. The van der Waals surface area contributed by atoms with Gasteiger partial charge in [0.1, 0.15) is 12.4 Å². The molecule has 4 rings (SSSR count). The van der Waals surface area contributed by atoms with Crippen LogP contribution in [0.4, 0.5) is 10.5 Å². The molecule has 1 atom stereocenters. The molecule has 2 aromatic carbocycles. The lowest BCUT2D eigenvalue weighted by Crippen LogP contribution is -2.26. The number of carbonyl (C=O) groups is 2. The van der Waals surface area contributed by atoms with Gasteiger partial charge in [-0.2, -0.15) is 0 Å². The molecule has 1 heterocycles. The fourth-order valence-corrected chi connectivity index (χ4v) is 4.19. The first-order valence-electron chi connectivity index (χ1n) is 10.1. The number of hydrogen-bond donors (Lipinski definition) is 1. The van der Waals surface area contributed by atoms with Crippen molar-refractivity contribution in [3.63, 3.8) is 0 Å². The van der Waals surface area contributed by atoms with Gasteiger partial charge in [-0.1, -0.05) is 18.2 Å². The van der Waals surface area contributed by atoms with Crippen molar-refractivity contribution < 1.29 is 19.1 Å². The zero-order valence-corrected chi connectivity index (χ0v) is 16.6. The summed E-state index contributed by atoms with van der Waals surface area (Å²) in [6, 6.07) is 13.8. The smallest absolute Gasteiger partial charge is 0.414 e. The standard InChI is InChI=1S/C23H26N2O4/c1-28-20-8-9-21-17(13-20)5-3-6-18(21)14-22(26)24-15-16-4-2-7-19(12-16)25-10-11-29-23(25)27/h2,4,7-9,12-13,18H,3,5-6,10-11,14-15H2,1H3,(H,24,26). The van der Waals surface area contributed by atoms with Gasteiger partial charge in [-0.25, -0.2) is 4.79 Å². The minimum absolute atomic E-state index is 0.0460. The number of nitrogens with zero attached hydrogens (tertiary/aromatic N) is 1.